The summed E-state index contributed by atoms with van der Waals surface area (Å²) in [4.78, 5) is 4.24. The Morgan fingerprint density at radius 3 is 2.92 bits per heavy atom. The first-order chi connectivity index (χ1) is 6.27. The van der Waals surface area contributed by atoms with E-state index in [2.05, 4.69) is 17.2 Å². The minimum absolute atomic E-state index is 0.465. The molecule has 0 aromatic carbocycles. The lowest BCUT2D eigenvalue weighted by atomic mass is 10.1. The molecule has 2 nitrogen and oxygen atoms in total. The molecule has 0 radical (unpaired) electrons. The van der Waals surface area contributed by atoms with Gasteiger partial charge in [-0.2, -0.15) is 0 Å². The Bertz CT molecular complexity index is 259. The third-order valence-corrected chi connectivity index (χ3v) is 2.52. The second kappa shape index (κ2) is 5.20. The summed E-state index contributed by atoms with van der Waals surface area (Å²) in [5, 5.41) is 3.99. The molecule has 72 valence electrons. The zero-order valence-corrected chi connectivity index (χ0v) is 8.80. The molecule has 0 spiro atoms. The first-order valence-electron chi connectivity index (χ1n) is 4.54. The largest absolute Gasteiger partial charge is 0.317 e. The van der Waals surface area contributed by atoms with Crippen molar-refractivity contribution in [2.45, 2.75) is 25.8 Å². The van der Waals surface area contributed by atoms with Crippen LogP contribution in [-0.4, -0.2) is 18.1 Å². The van der Waals surface area contributed by atoms with Crippen LogP contribution in [0.25, 0.3) is 0 Å². The smallest absolute Gasteiger partial charge is 0.0622 e. The van der Waals surface area contributed by atoms with E-state index in [0.29, 0.717) is 6.04 Å². The normalized spacial score (nSPS) is 12.8. The van der Waals surface area contributed by atoms with E-state index in [1.54, 1.807) is 6.20 Å². The molecule has 0 amide bonds. The Balaban J connectivity index is 2.67. The molecule has 13 heavy (non-hydrogen) atoms. The third kappa shape index (κ3) is 2.98. The molecule has 1 N–H and O–H groups in total. The van der Waals surface area contributed by atoms with E-state index in [1.165, 1.54) is 0 Å². The molecular formula is C10H15ClN2. The number of aromatic nitrogens is 1. The van der Waals surface area contributed by atoms with E-state index in [9.17, 15) is 0 Å². The van der Waals surface area contributed by atoms with Crippen LogP contribution in [0.4, 0.5) is 0 Å². The quantitative estimate of drug-likeness (QED) is 0.803. The van der Waals surface area contributed by atoms with Gasteiger partial charge in [0.15, 0.2) is 0 Å². The van der Waals surface area contributed by atoms with Crippen molar-refractivity contribution in [3.63, 3.8) is 0 Å². The highest BCUT2D eigenvalue weighted by molar-refractivity contribution is 6.31. The van der Waals surface area contributed by atoms with E-state index < -0.39 is 0 Å². The first kappa shape index (κ1) is 10.5. The Morgan fingerprint density at radius 2 is 2.38 bits per heavy atom. The van der Waals surface area contributed by atoms with Gasteiger partial charge >= 0.3 is 0 Å². The van der Waals surface area contributed by atoms with Crippen LogP contribution in [0, 0.1) is 0 Å². The lowest BCUT2D eigenvalue weighted by Gasteiger charge is -2.13. The van der Waals surface area contributed by atoms with Gasteiger partial charge in [0.05, 0.1) is 10.7 Å². The number of nitrogens with one attached hydrogen (secondary N) is 1. The topological polar surface area (TPSA) is 24.9 Å². The van der Waals surface area contributed by atoms with Gasteiger partial charge in [-0.15, -0.1) is 0 Å². The highest BCUT2D eigenvalue weighted by Crippen LogP contribution is 2.14. The second-order valence-electron chi connectivity index (χ2n) is 3.03. The average molecular weight is 199 g/mol. The first-order valence-corrected chi connectivity index (χ1v) is 4.92. The van der Waals surface area contributed by atoms with Gasteiger partial charge in [0, 0.05) is 18.7 Å². The van der Waals surface area contributed by atoms with Gasteiger partial charge in [-0.05, 0) is 25.6 Å². The molecule has 1 heterocycles. The lowest BCUT2D eigenvalue weighted by molar-refractivity contribution is 0.537. The van der Waals surface area contributed by atoms with Crippen molar-refractivity contribution in [1.29, 1.82) is 0 Å². The maximum Gasteiger partial charge on any atom is 0.0622 e. The van der Waals surface area contributed by atoms with E-state index in [1.807, 2.05) is 19.2 Å². The van der Waals surface area contributed by atoms with Crippen LogP contribution in [-0.2, 0) is 6.42 Å². The number of hydrogen-bond acceptors (Lipinski definition) is 2. The third-order valence-electron chi connectivity index (χ3n) is 2.18. The Morgan fingerprint density at radius 1 is 1.62 bits per heavy atom. The highest BCUT2D eigenvalue weighted by atomic mass is 35.5. The van der Waals surface area contributed by atoms with Crippen LogP contribution in [0.2, 0.25) is 5.02 Å². The van der Waals surface area contributed by atoms with Crippen LogP contribution in [0.1, 0.15) is 19.0 Å². The number of halogens is 1. The molecule has 0 saturated carbocycles. The SMILES string of the molecule is CCC(Cc1ncccc1Cl)NC. The molecule has 1 atom stereocenters. The number of likely N-dealkylation sites (N-methyl/N-ethyl adjacent to an activating group) is 1. The maximum atomic E-state index is 5.99. The molecule has 0 bridgehead atoms. The predicted molar refractivity (Wildman–Crippen MR) is 56.1 cm³/mol. The van der Waals surface area contributed by atoms with Gasteiger partial charge in [0.25, 0.3) is 0 Å². The number of hydrogen-bond donors (Lipinski definition) is 1. The Hall–Kier alpha value is -0.600. The summed E-state index contributed by atoms with van der Waals surface area (Å²) in [6, 6.07) is 4.20. The maximum absolute atomic E-state index is 5.99. The second-order valence-corrected chi connectivity index (χ2v) is 3.44. The predicted octanol–water partition coefficient (Wildman–Crippen LogP) is 2.28. The van der Waals surface area contributed by atoms with Crippen LogP contribution in [0.15, 0.2) is 18.3 Å². The summed E-state index contributed by atoms with van der Waals surface area (Å²) < 4.78 is 0. The molecular weight excluding hydrogens is 184 g/mol. The average Bonchev–Trinajstić information content (AvgIpc) is 2.17. The number of nitrogens with zero attached hydrogens (tertiary/aromatic N) is 1. The highest BCUT2D eigenvalue weighted by Gasteiger charge is 2.07. The Labute approximate surface area is 84.3 Å². The van der Waals surface area contributed by atoms with Crippen molar-refractivity contribution in [1.82, 2.24) is 10.3 Å². The zero-order valence-electron chi connectivity index (χ0n) is 8.05. The van der Waals surface area contributed by atoms with Crippen LogP contribution >= 0.6 is 11.6 Å². The molecule has 3 heteroatoms. The van der Waals surface area contributed by atoms with E-state index in [0.717, 1.165) is 23.6 Å². The molecule has 0 fully saturated rings. The van der Waals surface area contributed by atoms with Gasteiger partial charge in [-0.1, -0.05) is 18.5 Å². The van der Waals surface area contributed by atoms with Gasteiger partial charge < -0.3 is 5.32 Å². The van der Waals surface area contributed by atoms with Gasteiger partial charge in [-0.3, -0.25) is 4.98 Å². The minimum atomic E-state index is 0.465. The van der Waals surface area contributed by atoms with Crippen LogP contribution in [0.5, 0.6) is 0 Å². The van der Waals surface area contributed by atoms with E-state index in [-0.39, 0.29) is 0 Å². The fourth-order valence-electron chi connectivity index (χ4n) is 1.25. The summed E-state index contributed by atoms with van der Waals surface area (Å²) in [5.41, 5.74) is 0.977. The molecule has 1 rings (SSSR count). The molecule has 1 aromatic heterocycles. The molecule has 0 saturated heterocycles. The molecule has 0 aliphatic rings. The van der Waals surface area contributed by atoms with Gasteiger partial charge in [0.2, 0.25) is 0 Å². The van der Waals surface area contributed by atoms with Crippen molar-refractivity contribution in [3.8, 4) is 0 Å². The summed E-state index contributed by atoms with van der Waals surface area (Å²) in [5.74, 6) is 0. The Kier molecular flexibility index (Phi) is 4.19. The number of rotatable bonds is 4. The van der Waals surface area contributed by atoms with Gasteiger partial charge in [-0.25, -0.2) is 0 Å². The summed E-state index contributed by atoms with van der Waals surface area (Å²) in [6.07, 6.45) is 3.76. The number of pyridine rings is 1. The standard InChI is InChI=1S/C10H15ClN2/c1-3-8(12-2)7-10-9(11)5-4-6-13-10/h4-6,8,12H,3,7H2,1-2H3. The van der Waals surface area contributed by atoms with E-state index >= 15 is 0 Å². The van der Waals surface area contributed by atoms with Crippen molar-refractivity contribution in [2.75, 3.05) is 7.05 Å². The fourth-order valence-corrected chi connectivity index (χ4v) is 1.45. The molecule has 1 unspecified atom stereocenters. The minimum Gasteiger partial charge on any atom is -0.317 e. The van der Waals surface area contributed by atoms with Crippen LogP contribution in [0.3, 0.4) is 0 Å². The van der Waals surface area contributed by atoms with E-state index in [4.69, 9.17) is 11.6 Å². The lowest BCUT2D eigenvalue weighted by Crippen LogP contribution is -2.27. The summed E-state index contributed by atoms with van der Waals surface area (Å²) in [6.45, 7) is 2.15. The molecule has 0 aliphatic carbocycles. The van der Waals surface area contributed by atoms with Crippen LogP contribution < -0.4 is 5.32 Å². The monoisotopic (exact) mass is 198 g/mol. The molecule has 1 aromatic rings. The van der Waals surface area contributed by atoms with Crippen molar-refractivity contribution >= 4 is 11.6 Å². The fraction of sp³-hybridized carbons (Fsp3) is 0.500. The molecule has 0 aliphatic heterocycles. The van der Waals surface area contributed by atoms with Gasteiger partial charge in [0.1, 0.15) is 0 Å². The summed E-state index contributed by atoms with van der Waals surface area (Å²) >= 11 is 5.99. The summed E-state index contributed by atoms with van der Waals surface area (Å²) in [7, 11) is 1.96. The van der Waals surface area contributed by atoms with Crippen molar-refractivity contribution < 1.29 is 0 Å². The van der Waals surface area contributed by atoms with Crippen molar-refractivity contribution in [3.05, 3.63) is 29.0 Å². The van der Waals surface area contributed by atoms with Crippen molar-refractivity contribution in [2.24, 2.45) is 0 Å². The zero-order chi connectivity index (χ0) is 9.68.